The van der Waals surface area contributed by atoms with Gasteiger partial charge >= 0.3 is 0 Å². The van der Waals surface area contributed by atoms with Gasteiger partial charge in [-0.1, -0.05) is 5.16 Å². The molecule has 156 valence electrons. The van der Waals surface area contributed by atoms with Crippen molar-refractivity contribution in [3.05, 3.63) is 51.9 Å². The van der Waals surface area contributed by atoms with Crippen LogP contribution in [0.2, 0.25) is 0 Å². The average Bonchev–Trinajstić information content (AvgIpc) is 3.30. The Kier molecular flexibility index (Phi) is 5.02. The number of rotatable bonds is 5. The maximum atomic E-state index is 13.5. The minimum atomic E-state index is -0.342. The van der Waals surface area contributed by atoms with Gasteiger partial charge in [0, 0.05) is 48.0 Å². The third kappa shape index (κ3) is 3.71. The summed E-state index contributed by atoms with van der Waals surface area (Å²) < 4.78 is 24.2. The van der Waals surface area contributed by atoms with E-state index in [4.69, 9.17) is 14.2 Å². The van der Waals surface area contributed by atoms with E-state index in [-0.39, 0.29) is 17.6 Å². The van der Waals surface area contributed by atoms with Crippen molar-refractivity contribution in [3.63, 3.8) is 0 Å². The molecule has 1 atom stereocenters. The molecular formula is C22H22FN3O3S. The van der Waals surface area contributed by atoms with Crippen molar-refractivity contribution in [2.75, 3.05) is 20.2 Å². The summed E-state index contributed by atoms with van der Waals surface area (Å²) in [7, 11) is 1.52. The van der Waals surface area contributed by atoms with E-state index in [1.54, 1.807) is 23.5 Å². The van der Waals surface area contributed by atoms with Crippen molar-refractivity contribution in [1.82, 2.24) is 15.0 Å². The number of benzene rings is 1. The Balaban J connectivity index is 1.32. The Morgan fingerprint density at radius 1 is 1.27 bits per heavy atom. The summed E-state index contributed by atoms with van der Waals surface area (Å²) >= 11 is 1.57. The molecule has 30 heavy (non-hydrogen) atoms. The minimum Gasteiger partial charge on any atom is -0.496 e. The molecule has 0 bridgehead atoms. The number of thiazole rings is 1. The van der Waals surface area contributed by atoms with Crippen molar-refractivity contribution in [2.45, 2.75) is 37.5 Å². The van der Waals surface area contributed by atoms with E-state index < -0.39 is 0 Å². The molecule has 1 saturated heterocycles. The monoisotopic (exact) mass is 427 g/mol. The van der Waals surface area contributed by atoms with Gasteiger partial charge in [-0.3, -0.25) is 4.79 Å². The molecular weight excluding hydrogens is 405 g/mol. The molecule has 2 fully saturated rings. The predicted octanol–water partition coefficient (Wildman–Crippen LogP) is 4.84. The van der Waals surface area contributed by atoms with E-state index >= 15 is 0 Å². The first-order valence-electron chi connectivity index (χ1n) is 10.2. The fourth-order valence-corrected chi connectivity index (χ4v) is 4.90. The Bertz CT molecular complexity index is 1080. The van der Waals surface area contributed by atoms with Gasteiger partial charge in [0.15, 0.2) is 5.69 Å². The highest BCUT2D eigenvalue weighted by Crippen LogP contribution is 2.40. The maximum Gasteiger partial charge on any atom is 0.276 e. The van der Waals surface area contributed by atoms with Gasteiger partial charge in [-0.15, -0.1) is 11.3 Å². The summed E-state index contributed by atoms with van der Waals surface area (Å²) in [6.07, 6.45) is 4.11. The highest BCUT2D eigenvalue weighted by molar-refractivity contribution is 7.10. The molecule has 2 aliphatic rings. The average molecular weight is 428 g/mol. The number of methoxy groups -OCH3 is 1. The van der Waals surface area contributed by atoms with Crippen molar-refractivity contribution in [2.24, 2.45) is 0 Å². The highest BCUT2D eigenvalue weighted by atomic mass is 32.1. The number of ether oxygens (including phenoxy) is 1. The zero-order valence-electron chi connectivity index (χ0n) is 16.6. The van der Waals surface area contributed by atoms with Crippen LogP contribution in [0.1, 0.15) is 58.8 Å². The van der Waals surface area contributed by atoms with Gasteiger partial charge < -0.3 is 14.2 Å². The molecule has 6 nitrogen and oxygen atoms in total. The number of aromatic nitrogens is 2. The Hall–Kier alpha value is -2.74. The fourth-order valence-electron chi connectivity index (χ4n) is 3.95. The van der Waals surface area contributed by atoms with Crippen LogP contribution in [0.5, 0.6) is 5.75 Å². The molecule has 2 aromatic heterocycles. The lowest BCUT2D eigenvalue weighted by atomic mass is 9.98. The summed E-state index contributed by atoms with van der Waals surface area (Å²) in [5.74, 6) is 1.47. The zero-order valence-corrected chi connectivity index (χ0v) is 17.5. The lowest BCUT2D eigenvalue weighted by Crippen LogP contribution is -2.39. The highest BCUT2D eigenvalue weighted by Gasteiger charge is 2.32. The summed E-state index contributed by atoms with van der Waals surface area (Å²) in [4.78, 5) is 19.5. The standard InChI is InChI=1S/C22H22FN3O3S/c1-28-20-9-15(23)6-7-16(20)18-12-30-21(24-18)14-3-2-8-26(11-14)22(27)17-10-19(29-25-17)13-4-5-13/h6-7,9-10,12-14H,2-5,8,11H2,1H3/t14-/m1/s1. The Labute approximate surface area is 177 Å². The largest absolute Gasteiger partial charge is 0.496 e. The van der Waals surface area contributed by atoms with Gasteiger partial charge in [0.1, 0.15) is 17.3 Å². The first-order chi connectivity index (χ1) is 14.6. The molecule has 1 aliphatic carbocycles. The van der Waals surface area contributed by atoms with Crippen LogP contribution in [0.15, 0.2) is 34.2 Å². The third-order valence-electron chi connectivity index (χ3n) is 5.75. The number of carbonyl (C=O) groups is 1. The third-order valence-corrected chi connectivity index (χ3v) is 6.75. The van der Waals surface area contributed by atoms with Crippen LogP contribution in [0.25, 0.3) is 11.3 Å². The van der Waals surface area contributed by atoms with E-state index in [9.17, 15) is 9.18 Å². The molecule has 1 aromatic carbocycles. The normalized spacial score (nSPS) is 19.1. The second kappa shape index (κ2) is 7.83. The second-order valence-electron chi connectivity index (χ2n) is 7.89. The molecule has 1 saturated carbocycles. The van der Waals surface area contributed by atoms with Crippen molar-refractivity contribution < 1.29 is 18.4 Å². The number of halogens is 1. The smallest absolute Gasteiger partial charge is 0.276 e. The van der Waals surface area contributed by atoms with Crippen LogP contribution in [-0.4, -0.2) is 41.1 Å². The molecule has 3 heterocycles. The summed E-state index contributed by atoms with van der Waals surface area (Å²) in [6, 6.07) is 6.26. The van der Waals surface area contributed by atoms with E-state index in [1.807, 2.05) is 10.3 Å². The number of hydrogen-bond acceptors (Lipinski definition) is 6. The summed E-state index contributed by atoms with van der Waals surface area (Å²) in [5, 5.41) is 6.94. The summed E-state index contributed by atoms with van der Waals surface area (Å²) in [6.45, 7) is 1.32. The number of carbonyl (C=O) groups excluding carboxylic acids is 1. The summed E-state index contributed by atoms with van der Waals surface area (Å²) in [5.41, 5.74) is 1.93. The lowest BCUT2D eigenvalue weighted by molar-refractivity contribution is 0.0696. The predicted molar refractivity (Wildman–Crippen MR) is 110 cm³/mol. The van der Waals surface area contributed by atoms with Gasteiger partial charge in [-0.2, -0.15) is 0 Å². The van der Waals surface area contributed by atoms with E-state index in [2.05, 4.69) is 5.16 Å². The van der Waals surface area contributed by atoms with Crippen LogP contribution in [0.3, 0.4) is 0 Å². The lowest BCUT2D eigenvalue weighted by Gasteiger charge is -2.31. The van der Waals surface area contributed by atoms with Gasteiger partial charge in [0.2, 0.25) is 0 Å². The number of hydrogen-bond donors (Lipinski definition) is 0. The molecule has 5 rings (SSSR count). The molecule has 3 aromatic rings. The number of likely N-dealkylation sites (tertiary alicyclic amines) is 1. The SMILES string of the molecule is COc1cc(F)ccc1-c1csc([C@@H]2CCCN(C(=O)c3cc(C4CC4)on3)C2)n1. The van der Waals surface area contributed by atoms with Crippen LogP contribution in [0, 0.1) is 5.82 Å². The van der Waals surface area contributed by atoms with Gasteiger partial charge in [-0.05, 0) is 37.8 Å². The number of piperidine rings is 1. The maximum absolute atomic E-state index is 13.5. The fraction of sp³-hybridized carbons (Fsp3) is 0.409. The minimum absolute atomic E-state index is 0.0765. The molecule has 0 spiro atoms. The van der Waals surface area contributed by atoms with E-state index in [0.29, 0.717) is 30.5 Å². The van der Waals surface area contributed by atoms with Crippen molar-refractivity contribution >= 4 is 17.2 Å². The van der Waals surface area contributed by atoms with Gasteiger partial charge in [0.25, 0.3) is 5.91 Å². The first kappa shape index (κ1) is 19.2. The molecule has 0 N–H and O–H groups in total. The number of amides is 1. The zero-order chi connectivity index (χ0) is 20.7. The Morgan fingerprint density at radius 3 is 2.93 bits per heavy atom. The van der Waals surface area contributed by atoms with Crippen molar-refractivity contribution in [3.8, 4) is 17.0 Å². The topological polar surface area (TPSA) is 68.5 Å². The molecule has 1 aliphatic heterocycles. The van der Waals surface area contributed by atoms with Crippen LogP contribution in [-0.2, 0) is 0 Å². The quantitative estimate of drug-likeness (QED) is 0.583. The van der Waals surface area contributed by atoms with Gasteiger partial charge in [0.05, 0.1) is 17.8 Å². The molecule has 0 unspecified atom stereocenters. The first-order valence-corrected chi connectivity index (χ1v) is 11.1. The Morgan fingerprint density at radius 2 is 2.13 bits per heavy atom. The van der Waals surface area contributed by atoms with Crippen molar-refractivity contribution in [1.29, 1.82) is 0 Å². The van der Waals surface area contributed by atoms with Crippen LogP contribution in [0.4, 0.5) is 4.39 Å². The van der Waals surface area contributed by atoms with E-state index in [1.165, 1.54) is 19.2 Å². The second-order valence-corrected chi connectivity index (χ2v) is 8.78. The van der Waals surface area contributed by atoms with Gasteiger partial charge in [-0.25, -0.2) is 9.37 Å². The molecule has 8 heteroatoms. The van der Waals surface area contributed by atoms with E-state index in [0.717, 1.165) is 47.7 Å². The molecule has 1 amide bonds. The van der Waals surface area contributed by atoms with Crippen LogP contribution >= 0.6 is 11.3 Å². The van der Waals surface area contributed by atoms with Crippen LogP contribution < -0.4 is 4.74 Å². The molecule has 0 radical (unpaired) electrons. The number of nitrogens with zero attached hydrogens (tertiary/aromatic N) is 3.